The molecule has 0 radical (unpaired) electrons. The van der Waals surface area contributed by atoms with Crippen LogP contribution in [0.15, 0.2) is 18.6 Å². The first-order valence-electron chi connectivity index (χ1n) is 9.15. The Morgan fingerprint density at radius 3 is 2.77 bits per heavy atom. The molecule has 2 aromatic rings. The van der Waals surface area contributed by atoms with Gasteiger partial charge in [0.25, 0.3) is 0 Å². The molecule has 3 rings (SSSR count). The van der Waals surface area contributed by atoms with E-state index in [-0.39, 0.29) is 6.03 Å². The molecule has 2 heterocycles. The number of nitrogens with one attached hydrogen (secondary N) is 1. The zero-order valence-corrected chi connectivity index (χ0v) is 15.8. The molecule has 142 valence electrons. The van der Waals surface area contributed by atoms with E-state index in [1.807, 2.05) is 31.0 Å². The molecule has 1 N–H and O–H groups in total. The third-order valence-electron chi connectivity index (χ3n) is 4.86. The summed E-state index contributed by atoms with van der Waals surface area (Å²) < 4.78 is 8.89. The number of methoxy groups -OCH3 is 1. The number of ether oxygens (including phenoxy) is 1. The van der Waals surface area contributed by atoms with Crippen molar-refractivity contribution in [2.24, 2.45) is 7.05 Å². The van der Waals surface area contributed by atoms with Crippen molar-refractivity contribution < 1.29 is 9.53 Å². The van der Waals surface area contributed by atoms with E-state index < -0.39 is 0 Å². The van der Waals surface area contributed by atoms with Crippen LogP contribution >= 0.6 is 0 Å². The van der Waals surface area contributed by atoms with Crippen molar-refractivity contribution in [2.75, 3.05) is 25.6 Å². The Morgan fingerprint density at radius 1 is 1.35 bits per heavy atom. The molecule has 26 heavy (non-hydrogen) atoms. The first kappa shape index (κ1) is 18.4. The molecule has 0 spiro atoms. The minimum absolute atomic E-state index is 0.145. The highest BCUT2D eigenvalue weighted by Gasteiger charge is 2.23. The number of nitrogens with zero attached hydrogens (tertiary/aromatic N) is 5. The van der Waals surface area contributed by atoms with Gasteiger partial charge in [0.15, 0.2) is 0 Å². The van der Waals surface area contributed by atoms with Crippen molar-refractivity contribution in [1.82, 2.24) is 24.5 Å². The van der Waals surface area contributed by atoms with Gasteiger partial charge in [0, 0.05) is 38.0 Å². The summed E-state index contributed by atoms with van der Waals surface area (Å²) in [6, 6.07) is 0.235. The second-order valence-corrected chi connectivity index (χ2v) is 6.93. The lowest BCUT2D eigenvalue weighted by Gasteiger charge is -2.23. The van der Waals surface area contributed by atoms with Gasteiger partial charge in [0.1, 0.15) is 5.82 Å². The smallest absolute Gasteiger partial charge is 0.323 e. The van der Waals surface area contributed by atoms with E-state index in [0.717, 1.165) is 29.8 Å². The number of hydrogen-bond donors (Lipinski definition) is 1. The summed E-state index contributed by atoms with van der Waals surface area (Å²) in [6.07, 6.45) is 10.2. The van der Waals surface area contributed by atoms with Crippen LogP contribution in [0.1, 0.15) is 42.9 Å². The summed E-state index contributed by atoms with van der Waals surface area (Å²) in [5.74, 6) is 0.801. The maximum atomic E-state index is 12.9. The summed E-state index contributed by atoms with van der Waals surface area (Å²) in [5, 5.41) is 11.8. The van der Waals surface area contributed by atoms with Crippen molar-refractivity contribution in [3.63, 3.8) is 0 Å². The van der Waals surface area contributed by atoms with E-state index in [4.69, 9.17) is 4.74 Å². The number of carbonyl (C=O) groups is 1. The van der Waals surface area contributed by atoms with Crippen LogP contribution in [0.4, 0.5) is 10.6 Å². The van der Waals surface area contributed by atoms with Crippen LogP contribution in [-0.4, -0.2) is 50.8 Å². The Labute approximate surface area is 154 Å². The Balaban J connectivity index is 1.73. The number of aromatic nitrogens is 4. The Hall–Kier alpha value is -2.35. The van der Waals surface area contributed by atoms with Crippen LogP contribution in [0.5, 0.6) is 0 Å². The molecule has 0 bridgehead atoms. The molecule has 0 aromatic carbocycles. The van der Waals surface area contributed by atoms with Crippen LogP contribution < -0.4 is 5.32 Å². The predicted molar refractivity (Wildman–Crippen MR) is 99.0 cm³/mol. The molecular weight excluding hydrogens is 332 g/mol. The Kier molecular flexibility index (Phi) is 5.92. The lowest BCUT2D eigenvalue weighted by Crippen LogP contribution is -2.37. The van der Waals surface area contributed by atoms with E-state index in [9.17, 15) is 4.79 Å². The monoisotopic (exact) mass is 360 g/mol. The minimum atomic E-state index is -0.145. The van der Waals surface area contributed by atoms with Gasteiger partial charge >= 0.3 is 6.03 Å². The molecule has 0 unspecified atom stereocenters. The molecule has 8 nitrogen and oxygen atoms in total. The van der Waals surface area contributed by atoms with E-state index >= 15 is 0 Å². The maximum Gasteiger partial charge on any atom is 0.323 e. The van der Waals surface area contributed by atoms with Gasteiger partial charge in [-0.25, -0.2) is 9.48 Å². The number of anilines is 1. The molecule has 1 aliphatic rings. The van der Waals surface area contributed by atoms with Gasteiger partial charge in [-0.2, -0.15) is 10.2 Å². The quantitative estimate of drug-likeness (QED) is 0.824. The van der Waals surface area contributed by atoms with E-state index in [2.05, 4.69) is 15.5 Å². The highest BCUT2D eigenvalue weighted by molar-refractivity contribution is 5.89. The van der Waals surface area contributed by atoms with Crippen LogP contribution in [0.25, 0.3) is 0 Å². The number of amides is 2. The summed E-state index contributed by atoms with van der Waals surface area (Å²) in [4.78, 5) is 14.7. The summed E-state index contributed by atoms with van der Waals surface area (Å²) >= 11 is 0. The van der Waals surface area contributed by atoms with Crippen LogP contribution in [-0.2, 0) is 18.3 Å². The standard InChI is InChI=1S/C18H28N6O2/c1-14-10-20-24(16-6-4-5-7-16)17(14)21-18(25)23(8-9-26-3)13-15-11-19-22(2)12-15/h10-12,16H,4-9,13H2,1-3H3,(H,21,25). The summed E-state index contributed by atoms with van der Waals surface area (Å²) in [5.41, 5.74) is 1.97. The van der Waals surface area contributed by atoms with Crippen molar-refractivity contribution in [1.29, 1.82) is 0 Å². The molecular formula is C18H28N6O2. The first-order chi connectivity index (χ1) is 12.6. The fourth-order valence-electron chi connectivity index (χ4n) is 3.44. The Morgan fingerprint density at radius 2 is 2.12 bits per heavy atom. The number of carbonyl (C=O) groups excluding carboxylic acids is 1. The van der Waals surface area contributed by atoms with Gasteiger partial charge < -0.3 is 9.64 Å². The van der Waals surface area contributed by atoms with Crippen molar-refractivity contribution >= 4 is 11.8 Å². The molecule has 2 aromatic heterocycles. The predicted octanol–water partition coefficient (Wildman–Crippen LogP) is 2.72. The SMILES string of the molecule is COCCN(Cc1cnn(C)c1)C(=O)Nc1c(C)cnn1C1CCCC1. The third-order valence-corrected chi connectivity index (χ3v) is 4.86. The topological polar surface area (TPSA) is 77.2 Å². The normalized spacial score (nSPS) is 14.7. The second-order valence-electron chi connectivity index (χ2n) is 6.93. The molecule has 0 atom stereocenters. The van der Waals surface area contributed by atoms with Gasteiger partial charge in [0.2, 0.25) is 0 Å². The fourth-order valence-corrected chi connectivity index (χ4v) is 3.44. The fraction of sp³-hybridized carbons (Fsp3) is 0.611. The summed E-state index contributed by atoms with van der Waals surface area (Å²) in [7, 11) is 3.51. The highest BCUT2D eigenvalue weighted by atomic mass is 16.5. The van der Waals surface area contributed by atoms with Gasteiger partial charge in [0.05, 0.1) is 31.6 Å². The summed E-state index contributed by atoms with van der Waals surface area (Å²) in [6.45, 7) is 3.46. The van der Waals surface area contributed by atoms with Crippen LogP contribution in [0.2, 0.25) is 0 Å². The van der Waals surface area contributed by atoms with Gasteiger partial charge in [-0.3, -0.25) is 10.00 Å². The van der Waals surface area contributed by atoms with Crippen molar-refractivity contribution in [3.05, 3.63) is 29.7 Å². The minimum Gasteiger partial charge on any atom is -0.383 e. The van der Waals surface area contributed by atoms with E-state index in [1.54, 1.807) is 22.9 Å². The zero-order chi connectivity index (χ0) is 18.5. The average Bonchev–Trinajstić information content (AvgIpc) is 3.35. The highest BCUT2D eigenvalue weighted by Crippen LogP contribution is 2.32. The third kappa shape index (κ3) is 4.24. The molecule has 8 heteroatoms. The van der Waals surface area contributed by atoms with Gasteiger partial charge in [-0.05, 0) is 19.8 Å². The second kappa shape index (κ2) is 8.35. The molecule has 0 saturated heterocycles. The number of rotatable bonds is 7. The number of hydrogen-bond acceptors (Lipinski definition) is 4. The molecule has 2 amide bonds. The lowest BCUT2D eigenvalue weighted by atomic mass is 10.2. The maximum absolute atomic E-state index is 12.9. The lowest BCUT2D eigenvalue weighted by molar-refractivity contribution is 0.152. The van der Waals surface area contributed by atoms with E-state index in [0.29, 0.717) is 25.7 Å². The van der Waals surface area contributed by atoms with Crippen molar-refractivity contribution in [3.8, 4) is 0 Å². The zero-order valence-electron chi connectivity index (χ0n) is 15.8. The Bertz CT molecular complexity index is 732. The number of aryl methyl sites for hydroxylation is 2. The van der Waals surface area contributed by atoms with Crippen LogP contribution in [0.3, 0.4) is 0 Å². The number of urea groups is 1. The average molecular weight is 360 g/mol. The van der Waals surface area contributed by atoms with Crippen molar-refractivity contribution in [2.45, 2.75) is 45.2 Å². The van der Waals surface area contributed by atoms with Crippen LogP contribution in [0, 0.1) is 6.92 Å². The first-order valence-corrected chi connectivity index (χ1v) is 9.15. The van der Waals surface area contributed by atoms with Gasteiger partial charge in [-0.15, -0.1) is 0 Å². The molecule has 1 saturated carbocycles. The molecule has 1 aliphatic carbocycles. The molecule has 1 fully saturated rings. The van der Waals surface area contributed by atoms with Gasteiger partial charge in [-0.1, -0.05) is 12.8 Å². The largest absolute Gasteiger partial charge is 0.383 e. The van der Waals surface area contributed by atoms with E-state index in [1.165, 1.54) is 12.8 Å². The molecule has 0 aliphatic heterocycles.